The van der Waals surface area contributed by atoms with Gasteiger partial charge in [0, 0.05) is 6.54 Å². The molecule has 0 bridgehead atoms. The quantitative estimate of drug-likeness (QED) is 0.587. The van der Waals surface area contributed by atoms with Gasteiger partial charge in [-0.25, -0.2) is 9.59 Å². The zero-order valence-corrected chi connectivity index (χ0v) is 10.9. The number of carbonyl (C=O) groups excluding carboxylic acids is 1. The van der Waals surface area contributed by atoms with Crippen LogP contribution in [-0.2, 0) is 4.79 Å². The molecule has 2 amide bonds. The topological polar surface area (TPSA) is 101 Å². The molecule has 19 heavy (non-hydrogen) atoms. The minimum absolute atomic E-state index is 0.0540. The van der Waals surface area contributed by atoms with Gasteiger partial charge in [0.05, 0.1) is 25.3 Å². The summed E-state index contributed by atoms with van der Waals surface area (Å²) in [6, 6.07) is -1.22. The normalized spacial score (nSPS) is 35.5. The maximum Gasteiger partial charge on any atom is 0.326 e. The number of piperidine rings is 1. The highest BCUT2D eigenvalue weighted by Gasteiger charge is 2.40. The number of nitrogens with zero attached hydrogens (tertiary/aromatic N) is 2. The summed E-state index contributed by atoms with van der Waals surface area (Å²) < 4.78 is 0. The van der Waals surface area contributed by atoms with Crippen LogP contribution in [-0.4, -0.2) is 75.0 Å². The number of carboxylic acids is 1. The van der Waals surface area contributed by atoms with Crippen LogP contribution < -0.4 is 0 Å². The number of hydrogen-bond donors (Lipinski definition) is 3. The first kappa shape index (κ1) is 14.1. The van der Waals surface area contributed by atoms with Crippen LogP contribution in [0.1, 0.15) is 19.8 Å². The molecule has 0 saturated carbocycles. The van der Waals surface area contributed by atoms with Gasteiger partial charge >= 0.3 is 12.0 Å². The van der Waals surface area contributed by atoms with Crippen LogP contribution in [0.4, 0.5) is 4.79 Å². The molecular weight excluding hydrogens is 252 g/mol. The van der Waals surface area contributed by atoms with Crippen molar-refractivity contribution in [3.05, 3.63) is 0 Å². The summed E-state index contributed by atoms with van der Waals surface area (Å²) in [6.07, 6.45) is -0.680. The molecule has 108 valence electrons. The van der Waals surface area contributed by atoms with Crippen LogP contribution in [0.2, 0.25) is 0 Å². The Balaban J connectivity index is 2.07. The molecule has 4 unspecified atom stereocenters. The lowest BCUT2D eigenvalue weighted by Crippen LogP contribution is -2.54. The lowest BCUT2D eigenvalue weighted by Gasteiger charge is -2.38. The number of likely N-dealkylation sites (tertiary alicyclic amines) is 2. The van der Waals surface area contributed by atoms with E-state index in [1.807, 2.05) is 6.92 Å². The molecule has 0 spiro atoms. The predicted molar refractivity (Wildman–Crippen MR) is 65.5 cm³/mol. The second-order valence-corrected chi connectivity index (χ2v) is 5.50. The number of carbonyl (C=O) groups is 2. The summed E-state index contributed by atoms with van der Waals surface area (Å²) in [5, 5.41) is 28.1. The van der Waals surface area contributed by atoms with Gasteiger partial charge in [0.15, 0.2) is 0 Å². The van der Waals surface area contributed by atoms with Crippen molar-refractivity contribution in [2.75, 3.05) is 19.6 Å². The molecule has 2 aliphatic rings. The highest BCUT2D eigenvalue weighted by atomic mass is 16.4. The molecule has 2 fully saturated rings. The minimum Gasteiger partial charge on any atom is -0.480 e. The van der Waals surface area contributed by atoms with Crippen molar-refractivity contribution in [3.8, 4) is 0 Å². The van der Waals surface area contributed by atoms with Crippen LogP contribution in [0.25, 0.3) is 0 Å². The highest BCUT2D eigenvalue weighted by Crippen LogP contribution is 2.25. The van der Waals surface area contributed by atoms with Crippen molar-refractivity contribution in [2.45, 2.75) is 38.0 Å². The number of hydrogen-bond acceptors (Lipinski definition) is 4. The van der Waals surface area contributed by atoms with Gasteiger partial charge in [-0.05, 0) is 18.8 Å². The van der Waals surface area contributed by atoms with E-state index in [1.165, 1.54) is 9.80 Å². The maximum atomic E-state index is 12.3. The Morgan fingerprint density at radius 1 is 1.16 bits per heavy atom. The van der Waals surface area contributed by atoms with E-state index in [0.29, 0.717) is 13.0 Å². The number of β-amino-alcohol motifs (C(OH)–C–C–N with tert-alkyl or cyclic N) is 2. The number of urea groups is 1. The zero-order chi connectivity index (χ0) is 14.2. The lowest BCUT2D eigenvalue weighted by molar-refractivity contribution is -0.144. The standard InChI is InChI=1S/C12H20N2O5/c1-7-2-3-14(8(4-7)11(17)18)12(19)13-5-9(15)10(16)6-13/h7-10,15-16H,2-6H2,1H3,(H,17,18). The largest absolute Gasteiger partial charge is 0.480 e. The van der Waals surface area contributed by atoms with Gasteiger partial charge < -0.3 is 25.1 Å². The predicted octanol–water partition coefficient (Wildman–Crippen LogP) is -0.671. The molecule has 2 heterocycles. The van der Waals surface area contributed by atoms with E-state index in [2.05, 4.69) is 0 Å². The number of aliphatic hydroxyl groups excluding tert-OH is 2. The number of aliphatic hydroxyl groups is 2. The van der Waals surface area contributed by atoms with E-state index >= 15 is 0 Å². The second kappa shape index (κ2) is 5.34. The number of aliphatic carboxylic acids is 1. The molecule has 7 heteroatoms. The zero-order valence-electron chi connectivity index (χ0n) is 10.9. The van der Waals surface area contributed by atoms with E-state index in [-0.39, 0.29) is 19.0 Å². The average molecular weight is 272 g/mol. The van der Waals surface area contributed by atoms with Crippen LogP contribution in [0.5, 0.6) is 0 Å². The Hall–Kier alpha value is -1.34. The SMILES string of the molecule is CC1CCN(C(=O)N2CC(O)C(O)C2)C(C(=O)O)C1. The molecule has 4 atom stereocenters. The first-order chi connectivity index (χ1) is 8.90. The van der Waals surface area contributed by atoms with Crippen molar-refractivity contribution >= 4 is 12.0 Å². The van der Waals surface area contributed by atoms with Gasteiger partial charge in [0.25, 0.3) is 0 Å². The van der Waals surface area contributed by atoms with Crippen LogP contribution >= 0.6 is 0 Å². The molecule has 0 aromatic carbocycles. The minimum atomic E-state index is -1.000. The van der Waals surface area contributed by atoms with Crippen molar-refractivity contribution < 1.29 is 24.9 Å². The Morgan fingerprint density at radius 3 is 2.26 bits per heavy atom. The average Bonchev–Trinajstić information content (AvgIpc) is 2.68. The molecule has 2 rings (SSSR count). The third-order valence-corrected chi connectivity index (χ3v) is 3.92. The summed E-state index contributed by atoms with van der Waals surface area (Å²) in [5.41, 5.74) is 0. The summed E-state index contributed by atoms with van der Waals surface area (Å²) in [6.45, 7) is 2.48. The van der Waals surface area contributed by atoms with Crippen molar-refractivity contribution in [3.63, 3.8) is 0 Å². The fourth-order valence-electron chi connectivity index (χ4n) is 2.71. The molecule has 3 N–H and O–H groups in total. The summed E-state index contributed by atoms with van der Waals surface area (Å²) in [7, 11) is 0. The molecular formula is C12H20N2O5. The number of carboxylic acid groups (broad SMARTS) is 1. The Labute approximate surface area is 111 Å². The first-order valence-electron chi connectivity index (χ1n) is 6.54. The smallest absolute Gasteiger partial charge is 0.326 e. The van der Waals surface area contributed by atoms with Crippen molar-refractivity contribution in [1.29, 1.82) is 0 Å². The third kappa shape index (κ3) is 2.82. The number of amides is 2. The van der Waals surface area contributed by atoms with Gasteiger partial charge in [-0.15, -0.1) is 0 Å². The maximum absolute atomic E-state index is 12.3. The van der Waals surface area contributed by atoms with Gasteiger partial charge in [-0.3, -0.25) is 0 Å². The van der Waals surface area contributed by atoms with Crippen LogP contribution in [0.15, 0.2) is 0 Å². The van der Waals surface area contributed by atoms with E-state index < -0.39 is 30.3 Å². The van der Waals surface area contributed by atoms with E-state index in [1.54, 1.807) is 0 Å². The molecule has 0 aromatic rings. The van der Waals surface area contributed by atoms with Gasteiger partial charge in [-0.1, -0.05) is 6.92 Å². The fourth-order valence-corrected chi connectivity index (χ4v) is 2.71. The first-order valence-corrected chi connectivity index (χ1v) is 6.54. The second-order valence-electron chi connectivity index (χ2n) is 5.50. The van der Waals surface area contributed by atoms with Crippen molar-refractivity contribution in [1.82, 2.24) is 9.80 Å². The van der Waals surface area contributed by atoms with Crippen molar-refractivity contribution in [2.24, 2.45) is 5.92 Å². The number of rotatable bonds is 1. The lowest BCUT2D eigenvalue weighted by atomic mass is 9.93. The Kier molecular flexibility index (Phi) is 3.96. The molecule has 2 saturated heterocycles. The Morgan fingerprint density at radius 2 is 1.74 bits per heavy atom. The molecule has 2 aliphatic heterocycles. The molecule has 0 aromatic heterocycles. The van der Waals surface area contributed by atoms with Crippen LogP contribution in [0.3, 0.4) is 0 Å². The van der Waals surface area contributed by atoms with Gasteiger partial charge in [0.2, 0.25) is 0 Å². The molecule has 7 nitrogen and oxygen atoms in total. The fraction of sp³-hybridized carbons (Fsp3) is 0.833. The van der Waals surface area contributed by atoms with E-state index in [9.17, 15) is 24.9 Å². The third-order valence-electron chi connectivity index (χ3n) is 3.92. The highest BCUT2D eigenvalue weighted by molar-refractivity contribution is 5.83. The summed E-state index contributed by atoms with van der Waals surface area (Å²) in [5.74, 6) is -0.722. The summed E-state index contributed by atoms with van der Waals surface area (Å²) in [4.78, 5) is 26.2. The van der Waals surface area contributed by atoms with Gasteiger partial charge in [0.1, 0.15) is 6.04 Å². The van der Waals surface area contributed by atoms with Crippen LogP contribution in [0, 0.1) is 5.92 Å². The Bertz CT molecular complexity index is 365. The monoisotopic (exact) mass is 272 g/mol. The summed E-state index contributed by atoms with van der Waals surface area (Å²) >= 11 is 0. The van der Waals surface area contributed by atoms with E-state index in [0.717, 1.165) is 6.42 Å². The van der Waals surface area contributed by atoms with E-state index in [4.69, 9.17) is 0 Å². The van der Waals surface area contributed by atoms with Gasteiger partial charge in [-0.2, -0.15) is 0 Å². The molecule has 0 aliphatic carbocycles. The molecule has 0 radical (unpaired) electrons.